The topological polar surface area (TPSA) is 113 Å². The summed E-state index contributed by atoms with van der Waals surface area (Å²) in [6.45, 7) is -0.0455. The van der Waals surface area contributed by atoms with Crippen LogP contribution in [0.5, 0.6) is 5.75 Å². The van der Waals surface area contributed by atoms with Crippen LogP contribution in [0.4, 0.5) is 8.78 Å². The highest BCUT2D eigenvalue weighted by Gasteiger charge is 2.15. The Balaban J connectivity index is 1.20. The number of allylic oxidation sites excluding steroid dienone is 1. The largest absolute Gasteiger partial charge is 0.496 e. The molecule has 0 bridgehead atoms. The third kappa shape index (κ3) is 7.32. The lowest BCUT2D eigenvalue weighted by atomic mass is 10.1. The zero-order valence-corrected chi connectivity index (χ0v) is 24.5. The number of Topliss-reactive ketones (excluding diaryl/α,β-unsaturated/α-hetero) is 1. The number of rotatable bonds is 11. The molecule has 9 nitrogen and oxygen atoms in total. The molecule has 0 spiro atoms. The Morgan fingerprint density at radius 2 is 1.76 bits per heavy atom. The molecule has 0 fully saturated rings. The molecule has 5 aromatic rings. The fourth-order valence-electron chi connectivity index (χ4n) is 4.74. The maximum Gasteiger partial charge on any atom is 0.341 e. The van der Waals surface area contributed by atoms with Crippen molar-refractivity contribution in [2.45, 2.75) is 25.8 Å². The SMILES string of the molecule is COC(=O)c1ccc(Cc2ncc3cc(/C=C/CCC(=O)c4cncn(Cc5ccc(F)c(F)c5)c4=O)ccc3n2)cc1OC. The maximum absolute atomic E-state index is 13.6. The molecule has 5 rings (SSSR count). The maximum atomic E-state index is 13.6. The van der Waals surface area contributed by atoms with Gasteiger partial charge in [0.25, 0.3) is 5.56 Å². The van der Waals surface area contributed by atoms with Crippen LogP contribution in [-0.2, 0) is 17.7 Å². The average molecular weight is 611 g/mol. The monoisotopic (exact) mass is 610 g/mol. The van der Waals surface area contributed by atoms with Crippen LogP contribution in [0, 0.1) is 11.6 Å². The lowest BCUT2D eigenvalue weighted by Crippen LogP contribution is -2.27. The number of ether oxygens (including phenoxy) is 2. The number of hydrogen-bond donors (Lipinski definition) is 0. The average Bonchev–Trinajstić information content (AvgIpc) is 3.05. The summed E-state index contributed by atoms with van der Waals surface area (Å²) in [5, 5.41) is 0.840. The first-order valence-corrected chi connectivity index (χ1v) is 13.9. The van der Waals surface area contributed by atoms with Gasteiger partial charge in [-0.3, -0.25) is 14.2 Å². The first-order chi connectivity index (χ1) is 21.7. The molecule has 0 radical (unpaired) electrons. The van der Waals surface area contributed by atoms with E-state index in [1.54, 1.807) is 24.4 Å². The van der Waals surface area contributed by atoms with Crippen LogP contribution < -0.4 is 10.3 Å². The van der Waals surface area contributed by atoms with Crippen LogP contribution in [-0.4, -0.2) is 45.5 Å². The van der Waals surface area contributed by atoms with E-state index < -0.39 is 23.2 Å². The Morgan fingerprint density at radius 3 is 2.53 bits per heavy atom. The van der Waals surface area contributed by atoms with Crippen LogP contribution in [0.25, 0.3) is 17.0 Å². The van der Waals surface area contributed by atoms with Gasteiger partial charge in [0.2, 0.25) is 0 Å². The molecule has 0 aliphatic heterocycles. The first kappa shape index (κ1) is 30.9. The summed E-state index contributed by atoms with van der Waals surface area (Å²) in [6.07, 6.45) is 8.87. The molecule has 0 atom stereocenters. The summed E-state index contributed by atoms with van der Waals surface area (Å²) in [5.41, 5.74) is 2.63. The molecule has 0 N–H and O–H groups in total. The molecule has 2 aromatic heterocycles. The molecule has 0 saturated heterocycles. The minimum Gasteiger partial charge on any atom is -0.496 e. The summed E-state index contributed by atoms with van der Waals surface area (Å²) in [6, 6.07) is 14.3. The van der Waals surface area contributed by atoms with E-state index in [9.17, 15) is 23.2 Å². The second-order valence-electron chi connectivity index (χ2n) is 10.2. The minimum absolute atomic E-state index is 0.0455. The van der Waals surface area contributed by atoms with Gasteiger partial charge in [0, 0.05) is 30.6 Å². The number of esters is 1. The molecule has 3 aromatic carbocycles. The van der Waals surface area contributed by atoms with Crippen molar-refractivity contribution in [3.8, 4) is 5.75 Å². The fraction of sp³-hybridized carbons (Fsp3) is 0.176. The highest BCUT2D eigenvalue weighted by molar-refractivity contribution is 5.95. The Labute approximate surface area is 256 Å². The highest BCUT2D eigenvalue weighted by Crippen LogP contribution is 2.23. The molecule has 2 heterocycles. The molecule has 11 heteroatoms. The van der Waals surface area contributed by atoms with E-state index in [0.717, 1.165) is 34.2 Å². The predicted molar refractivity (Wildman–Crippen MR) is 163 cm³/mol. The smallest absolute Gasteiger partial charge is 0.341 e. The van der Waals surface area contributed by atoms with E-state index in [1.807, 2.05) is 30.4 Å². The van der Waals surface area contributed by atoms with Crippen LogP contribution in [0.15, 0.2) is 84.2 Å². The van der Waals surface area contributed by atoms with Crippen LogP contribution in [0.1, 0.15) is 56.1 Å². The summed E-state index contributed by atoms with van der Waals surface area (Å²) in [7, 11) is 2.80. The lowest BCUT2D eigenvalue weighted by molar-refractivity contribution is 0.0597. The number of aromatic nitrogens is 4. The number of carbonyl (C=O) groups is 2. The Morgan fingerprint density at radius 1 is 0.933 bits per heavy atom. The van der Waals surface area contributed by atoms with Crippen LogP contribution in [0.2, 0.25) is 0 Å². The van der Waals surface area contributed by atoms with E-state index in [0.29, 0.717) is 35.5 Å². The number of hydrogen-bond acceptors (Lipinski definition) is 8. The Hall–Kier alpha value is -5.58. The second-order valence-corrected chi connectivity index (χ2v) is 10.2. The number of carbonyl (C=O) groups excluding carboxylic acids is 2. The van der Waals surface area contributed by atoms with Gasteiger partial charge in [-0.1, -0.05) is 30.4 Å². The number of methoxy groups -OCH3 is 2. The number of nitrogens with zero attached hydrogens (tertiary/aromatic N) is 4. The van der Waals surface area contributed by atoms with E-state index >= 15 is 0 Å². The molecular weight excluding hydrogens is 582 g/mol. The van der Waals surface area contributed by atoms with Crippen molar-refractivity contribution in [1.82, 2.24) is 19.5 Å². The highest BCUT2D eigenvalue weighted by atomic mass is 19.2. The molecule has 228 valence electrons. The normalized spacial score (nSPS) is 11.2. The third-order valence-electron chi connectivity index (χ3n) is 7.07. The number of benzene rings is 3. The van der Waals surface area contributed by atoms with Crippen molar-refractivity contribution in [3.63, 3.8) is 0 Å². The molecule has 0 aliphatic carbocycles. The van der Waals surface area contributed by atoms with Gasteiger partial charge in [-0.25, -0.2) is 28.5 Å². The van der Waals surface area contributed by atoms with Crippen LogP contribution in [0.3, 0.4) is 0 Å². The Kier molecular flexibility index (Phi) is 9.47. The van der Waals surface area contributed by atoms with Crippen LogP contribution >= 0.6 is 0 Å². The van der Waals surface area contributed by atoms with Crippen molar-refractivity contribution in [2.24, 2.45) is 0 Å². The number of halogens is 2. The van der Waals surface area contributed by atoms with Crippen molar-refractivity contribution in [3.05, 3.63) is 135 Å². The predicted octanol–water partition coefficient (Wildman–Crippen LogP) is 5.58. The third-order valence-corrected chi connectivity index (χ3v) is 7.07. The fourth-order valence-corrected chi connectivity index (χ4v) is 4.74. The lowest BCUT2D eigenvalue weighted by Gasteiger charge is -2.09. The van der Waals surface area contributed by atoms with Gasteiger partial charge in [0.05, 0.1) is 32.6 Å². The van der Waals surface area contributed by atoms with Crippen molar-refractivity contribution in [2.75, 3.05) is 14.2 Å². The van der Waals surface area contributed by atoms with Crippen molar-refractivity contribution >= 4 is 28.7 Å². The molecule has 0 unspecified atom stereocenters. The van der Waals surface area contributed by atoms with Crippen molar-refractivity contribution < 1.29 is 27.8 Å². The van der Waals surface area contributed by atoms with E-state index in [-0.39, 0.29) is 24.3 Å². The summed E-state index contributed by atoms with van der Waals surface area (Å²) < 4.78 is 38.1. The first-order valence-electron chi connectivity index (χ1n) is 13.9. The van der Waals surface area contributed by atoms with E-state index in [4.69, 9.17) is 9.47 Å². The van der Waals surface area contributed by atoms with Gasteiger partial charge in [-0.15, -0.1) is 0 Å². The molecule has 0 saturated carbocycles. The molecule has 45 heavy (non-hydrogen) atoms. The zero-order valence-electron chi connectivity index (χ0n) is 24.5. The van der Waals surface area contributed by atoms with Gasteiger partial charge in [0.1, 0.15) is 22.7 Å². The number of fused-ring (bicyclic) bond motifs is 1. The van der Waals surface area contributed by atoms with E-state index in [2.05, 4.69) is 15.0 Å². The summed E-state index contributed by atoms with van der Waals surface area (Å²) in [5.74, 6) is -1.82. The van der Waals surface area contributed by atoms with Gasteiger partial charge >= 0.3 is 5.97 Å². The Bertz CT molecular complexity index is 1990. The number of ketones is 1. The minimum atomic E-state index is -1.02. The molecule has 0 aliphatic rings. The van der Waals surface area contributed by atoms with Crippen molar-refractivity contribution in [1.29, 1.82) is 0 Å². The van der Waals surface area contributed by atoms with Gasteiger partial charge in [0.15, 0.2) is 17.4 Å². The standard InChI is InChI=1S/C34H28F2N4O5/c1-44-31-15-22(7-10-25(31)34(43)45-2)16-32-38-17-24-13-21(9-12-29(24)39-32)5-3-4-6-30(41)26-18-37-20-40(33(26)42)19-23-8-11-27(35)28(36)14-23/h3,5,7-15,17-18,20H,4,6,16,19H2,1-2H3/b5-3+. The van der Waals surface area contributed by atoms with Gasteiger partial charge in [-0.2, -0.15) is 0 Å². The van der Waals surface area contributed by atoms with Gasteiger partial charge < -0.3 is 9.47 Å². The molecular formula is C34H28F2N4O5. The summed E-state index contributed by atoms with van der Waals surface area (Å²) in [4.78, 5) is 50.7. The van der Waals surface area contributed by atoms with Gasteiger partial charge in [-0.05, 0) is 59.5 Å². The summed E-state index contributed by atoms with van der Waals surface area (Å²) >= 11 is 0. The van der Waals surface area contributed by atoms with E-state index in [1.165, 1.54) is 37.4 Å². The quantitative estimate of drug-likeness (QED) is 0.141. The molecule has 0 amide bonds. The second kappa shape index (κ2) is 13.8. The zero-order chi connectivity index (χ0) is 31.9.